The summed E-state index contributed by atoms with van der Waals surface area (Å²) >= 11 is 0. The summed E-state index contributed by atoms with van der Waals surface area (Å²) in [6.45, 7) is 0. The molecule has 0 atom stereocenters. The monoisotopic (exact) mass is 292 g/mol. The van der Waals surface area contributed by atoms with E-state index in [2.05, 4.69) is 29.6 Å². The summed E-state index contributed by atoms with van der Waals surface area (Å²) in [6.07, 6.45) is 5.06. The number of rotatable bonds is 3. The molecule has 0 aromatic heterocycles. The zero-order valence-electron chi connectivity index (χ0n) is 12.6. The van der Waals surface area contributed by atoms with Crippen LogP contribution in [-0.4, -0.2) is 11.4 Å². The highest BCUT2D eigenvalue weighted by Crippen LogP contribution is 2.27. The van der Waals surface area contributed by atoms with E-state index < -0.39 is 5.54 Å². The summed E-state index contributed by atoms with van der Waals surface area (Å²) in [4.78, 5) is 12.3. The Balaban J connectivity index is 1.71. The summed E-state index contributed by atoms with van der Waals surface area (Å²) in [5, 5.41) is 14.7. The van der Waals surface area contributed by atoms with Crippen LogP contribution in [-0.2, 0) is 11.2 Å². The molecule has 0 heterocycles. The fourth-order valence-electron chi connectivity index (χ4n) is 3.27. The number of fused-ring (bicyclic) bond motifs is 1. The molecule has 0 unspecified atom stereocenters. The van der Waals surface area contributed by atoms with E-state index in [4.69, 9.17) is 0 Å². The molecule has 0 saturated heterocycles. The molecule has 1 N–H and O–H groups in total. The van der Waals surface area contributed by atoms with Crippen molar-refractivity contribution in [1.29, 1.82) is 5.26 Å². The van der Waals surface area contributed by atoms with Crippen molar-refractivity contribution in [2.24, 2.45) is 0 Å². The molecule has 2 aromatic rings. The van der Waals surface area contributed by atoms with Crippen LogP contribution in [0.25, 0.3) is 10.8 Å². The molecule has 3 heteroatoms. The van der Waals surface area contributed by atoms with Crippen LogP contribution >= 0.6 is 0 Å². The van der Waals surface area contributed by atoms with Crippen LogP contribution in [0, 0.1) is 11.3 Å². The van der Waals surface area contributed by atoms with Gasteiger partial charge in [0.1, 0.15) is 5.54 Å². The smallest absolute Gasteiger partial charge is 0.225 e. The van der Waals surface area contributed by atoms with E-state index >= 15 is 0 Å². The molecule has 0 bridgehead atoms. The molecule has 3 rings (SSSR count). The van der Waals surface area contributed by atoms with Gasteiger partial charge in [-0.05, 0) is 29.2 Å². The van der Waals surface area contributed by atoms with Crippen LogP contribution in [0.15, 0.2) is 42.5 Å². The number of carbonyl (C=O) groups is 1. The second-order valence-electron chi connectivity index (χ2n) is 6.16. The lowest BCUT2D eigenvalue weighted by Crippen LogP contribution is -2.49. The summed E-state index contributed by atoms with van der Waals surface area (Å²) < 4.78 is 0. The summed E-state index contributed by atoms with van der Waals surface area (Å²) in [7, 11) is 0. The number of hydrogen-bond donors (Lipinski definition) is 1. The number of nitriles is 1. The fourth-order valence-corrected chi connectivity index (χ4v) is 3.27. The third-order valence-corrected chi connectivity index (χ3v) is 4.48. The van der Waals surface area contributed by atoms with Gasteiger partial charge in [-0.1, -0.05) is 61.7 Å². The van der Waals surface area contributed by atoms with E-state index in [0.29, 0.717) is 6.42 Å². The van der Waals surface area contributed by atoms with Crippen LogP contribution in [0.2, 0.25) is 0 Å². The van der Waals surface area contributed by atoms with Crippen LogP contribution in [0.3, 0.4) is 0 Å². The Morgan fingerprint density at radius 3 is 2.55 bits per heavy atom. The number of nitrogens with one attached hydrogen (secondary N) is 1. The van der Waals surface area contributed by atoms with E-state index in [1.54, 1.807) is 0 Å². The molecule has 1 fully saturated rings. The van der Waals surface area contributed by atoms with Crippen molar-refractivity contribution < 1.29 is 4.79 Å². The van der Waals surface area contributed by atoms with Gasteiger partial charge in [-0.3, -0.25) is 4.79 Å². The third kappa shape index (κ3) is 3.12. The molecule has 3 nitrogen and oxygen atoms in total. The molecule has 1 amide bonds. The second-order valence-corrected chi connectivity index (χ2v) is 6.16. The minimum atomic E-state index is -0.647. The zero-order chi connectivity index (χ0) is 15.4. The molecular weight excluding hydrogens is 272 g/mol. The van der Waals surface area contributed by atoms with Gasteiger partial charge in [0.05, 0.1) is 12.5 Å². The van der Waals surface area contributed by atoms with Crippen molar-refractivity contribution in [3.05, 3.63) is 48.0 Å². The van der Waals surface area contributed by atoms with Crippen LogP contribution in [0.1, 0.15) is 37.7 Å². The van der Waals surface area contributed by atoms with Gasteiger partial charge in [0.15, 0.2) is 0 Å². The molecule has 112 valence electrons. The number of hydrogen-bond acceptors (Lipinski definition) is 2. The predicted octanol–water partition coefficient (Wildman–Crippen LogP) is 3.72. The number of benzene rings is 2. The molecule has 2 aromatic carbocycles. The van der Waals surface area contributed by atoms with Crippen molar-refractivity contribution in [1.82, 2.24) is 5.32 Å². The van der Waals surface area contributed by atoms with Gasteiger partial charge in [0, 0.05) is 0 Å². The lowest BCUT2D eigenvalue weighted by atomic mass is 9.82. The SMILES string of the molecule is N#CC1(NC(=O)Cc2ccc3ccccc3c2)CCCCC1. The maximum absolute atomic E-state index is 12.3. The van der Waals surface area contributed by atoms with Gasteiger partial charge in [0.25, 0.3) is 0 Å². The molecule has 0 spiro atoms. The minimum absolute atomic E-state index is 0.0567. The maximum atomic E-state index is 12.3. The molecule has 1 aliphatic carbocycles. The number of nitrogens with zero attached hydrogens (tertiary/aromatic N) is 1. The van der Waals surface area contributed by atoms with Gasteiger partial charge in [-0.2, -0.15) is 5.26 Å². The van der Waals surface area contributed by atoms with E-state index in [-0.39, 0.29) is 5.91 Å². The lowest BCUT2D eigenvalue weighted by molar-refractivity contribution is -0.122. The highest BCUT2D eigenvalue weighted by molar-refractivity contribution is 5.85. The van der Waals surface area contributed by atoms with Crippen LogP contribution in [0.4, 0.5) is 0 Å². The summed E-state index contributed by atoms with van der Waals surface area (Å²) in [6, 6.07) is 16.5. The van der Waals surface area contributed by atoms with Crippen molar-refractivity contribution in [2.75, 3.05) is 0 Å². The molecule has 1 saturated carbocycles. The first-order valence-corrected chi connectivity index (χ1v) is 7.91. The summed E-state index contributed by atoms with van der Waals surface area (Å²) in [5.74, 6) is -0.0567. The van der Waals surface area contributed by atoms with Crippen molar-refractivity contribution in [3.8, 4) is 6.07 Å². The van der Waals surface area contributed by atoms with Gasteiger partial charge >= 0.3 is 0 Å². The summed E-state index contributed by atoms with van der Waals surface area (Å²) in [5.41, 5.74) is 0.340. The maximum Gasteiger partial charge on any atom is 0.225 e. The fraction of sp³-hybridized carbons (Fsp3) is 0.368. The Bertz CT molecular complexity index is 724. The number of carbonyl (C=O) groups excluding carboxylic acids is 1. The Labute approximate surface area is 130 Å². The standard InChI is InChI=1S/C19H20N2O/c20-14-19(10-4-1-5-11-19)21-18(22)13-15-8-9-16-6-2-3-7-17(16)12-15/h2-3,6-9,12H,1,4-5,10-11,13H2,(H,21,22). The largest absolute Gasteiger partial charge is 0.338 e. The quantitative estimate of drug-likeness (QED) is 0.937. The molecular formula is C19H20N2O. The first-order valence-electron chi connectivity index (χ1n) is 7.91. The molecule has 0 radical (unpaired) electrons. The van der Waals surface area contributed by atoms with E-state index in [1.807, 2.05) is 24.3 Å². The zero-order valence-corrected chi connectivity index (χ0v) is 12.6. The van der Waals surface area contributed by atoms with Crippen LogP contribution in [0.5, 0.6) is 0 Å². The predicted molar refractivity (Wildman–Crippen MR) is 87.2 cm³/mol. The first-order chi connectivity index (χ1) is 10.7. The molecule has 1 aliphatic rings. The molecule has 22 heavy (non-hydrogen) atoms. The molecule has 0 aliphatic heterocycles. The average molecular weight is 292 g/mol. The second kappa shape index (κ2) is 6.19. The van der Waals surface area contributed by atoms with Gasteiger partial charge in [0.2, 0.25) is 5.91 Å². The topological polar surface area (TPSA) is 52.9 Å². The minimum Gasteiger partial charge on any atom is -0.338 e. The van der Waals surface area contributed by atoms with E-state index in [0.717, 1.165) is 43.1 Å². The average Bonchev–Trinajstić information content (AvgIpc) is 2.55. The third-order valence-electron chi connectivity index (χ3n) is 4.48. The van der Waals surface area contributed by atoms with Gasteiger partial charge in [-0.15, -0.1) is 0 Å². The first kappa shape index (κ1) is 14.6. The highest BCUT2D eigenvalue weighted by atomic mass is 16.1. The van der Waals surface area contributed by atoms with Crippen molar-refractivity contribution in [2.45, 2.75) is 44.1 Å². The Morgan fingerprint density at radius 1 is 1.09 bits per heavy atom. The van der Waals surface area contributed by atoms with Gasteiger partial charge < -0.3 is 5.32 Å². The van der Waals surface area contributed by atoms with E-state index in [9.17, 15) is 10.1 Å². The number of amides is 1. The van der Waals surface area contributed by atoms with Gasteiger partial charge in [-0.25, -0.2) is 0 Å². The Kier molecular flexibility index (Phi) is 4.11. The van der Waals surface area contributed by atoms with Crippen LogP contribution < -0.4 is 5.32 Å². The highest BCUT2D eigenvalue weighted by Gasteiger charge is 2.33. The van der Waals surface area contributed by atoms with E-state index in [1.165, 1.54) is 5.39 Å². The van der Waals surface area contributed by atoms with Crippen molar-refractivity contribution in [3.63, 3.8) is 0 Å². The lowest BCUT2D eigenvalue weighted by Gasteiger charge is -2.31. The Morgan fingerprint density at radius 2 is 1.82 bits per heavy atom. The normalized spacial score (nSPS) is 16.9. The van der Waals surface area contributed by atoms with Crippen molar-refractivity contribution >= 4 is 16.7 Å². The Hall–Kier alpha value is -2.34.